The lowest BCUT2D eigenvalue weighted by atomic mass is 10.00. The molecule has 116 valence electrons. The smallest absolute Gasteiger partial charge is 0.303 e. The van der Waals surface area contributed by atoms with Crippen molar-refractivity contribution in [3.8, 4) is 5.75 Å². The minimum absolute atomic E-state index is 0.0192. The van der Waals surface area contributed by atoms with Crippen molar-refractivity contribution in [1.29, 1.82) is 0 Å². The van der Waals surface area contributed by atoms with E-state index in [9.17, 15) is 22.0 Å². The normalized spacial score (nSPS) is 16.5. The van der Waals surface area contributed by atoms with Crippen molar-refractivity contribution in [3.63, 3.8) is 0 Å². The van der Waals surface area contributed by atoms with Gasteiger partial charge in [-0.15, -0.1) is 0 Å². The van der Waals surface area contributed by atoms with Crippen LogP contribution in [-0.4, -0.2) is 44.0 Å². The first-order valence-corrected chi connectivity index (χ1v) is 7.44. The zero-order valence-electron chi connectivity index (χ0n) is 11.0. The SMILES string of the molecule is COc1cc(F)cc(F)c1S(=O)(=O)N1CC(CC(=O)O)C1. The van der Waals surface area contributed by atoms with E-state index >= 15 is 0 Å². The molecule has 1 fully saturated rings. The minimum atomic E-state index is -4.19. The molecule has 1 saturated heterocycles. The lowest BCUT2D eigenvalue weighted by molar-refractivity contribution is -0.139. The number of aliphatic carboxylic acids is 1. The van der Waals surface area contributed by atoms with E-state index in [-0.39, 0.29) is 25.4 Å². The van der Waals surface area contributed by atoms with E-state index in [1.807, 2.05) is 0 Å². The van der Waals surface area contributed by atoms with E-state index in [4.69, 9.17) is 9.84 Å². The van der Waals surface area contributed by atoms with Crippen molar-refractivity contribution >= 4 is 16.0 Å². The average Bonchev–Trinajstić information content (AvgIpc) is 2.31. The monoisotopic (exact) mass is 321 g/mol. The molecule has 0 atom stereocenters. The first-order valence-electron chi connectivity index (χ1n) is 6.00. The fraction of sp³-hybridized carbons (Fsp3) is 0.417. The summed E-state index contributed by atoms with van der Waals surface area (Å²) in [4.78, 5) is 9.80. The maximum atomic E-state index is 13.8. The molecule has 0 amide bonds. The van der Waals surface area contributed by atoms with E-state index in [0.29, 0.717) is 6.07 Å². The maximum Gasteiger partial charge on any atom is 0.303 e. The molecular formula is C12H13F2NO5S. The van der Waals surface area contributed by atoms with E-state index < -0.39 is 38.3 Å². The van der Waals surface area contributed by atoms with Crippen LogP contribution in [0.2, 0.25) is 0 Å². The molecule has 0 bridgehead atoms. The summed E-state index contributed by atoms with van der Waals surface area (Å²) >= 11 is 0. The fourth-order valence-corrected chi connectivity index (χ4v) is 3.94. The summed E-state index contributed by atoms with van der Waals surface area (Å²) in [5.74, 6) is -3.95. The Hall–Kier alpha value is -1.74. The van der Waals surface area contributed by atoms with Crippen molar-refractivity contribution < 1.29 is 31.8 Å². The zero-order chi connectivity index (χ0) is 15.8. The molecule has 1 heterocycles. The van der Waals surface area contributed by atoms with E-state index in [2.05, 4.69) is 0 Å². The van der Waals surface area contributed by atoms with Crippen LogP contribution >= 0.6 is 0 Å². The molecule has 0 radical (unpaired) electrons. The van der Waals surface area contributed by atoms with Gasteiger partial charge in [-0.25, -0.2) is 17.2 Å². The Balaban J connectivity index is 2.28. The number of benzene rings is 1. The summed E-state index contributed by atoms with van der Waals surface area (Å²) in [5.41, 5.74) is 0. The van der Waals surface area contributed by atoms with Gasteiger partial charge in [0.05, 0.1) is 13.5 Å². The Morgan fingerprint density at radius 2 is 2.05 bits per heavy atom. The number of carbonyl (C=O) groups is 1. The number of sulfonamides is 1. The summed E-state index contributed by atoms with van der Waals surface area (Å²) in [6.07, 6.45) is -0.158. The maximum absolute atomic E-state index is 13.8. The molecule has 6 nitrogen and oxygen atoms in total. The second kappa shape index (κ2) is 5.57. The van der Waals surface area contributed by atoms with Crippen LogP contribution in [0.25, 0.3) is 0 Å². The van der Waals surface area contributed by atoms with Gasteiger partial charge in [-0.05, 0) is 5.92 Å². The van der Waals surface area contributed by atoms with Crippen LogP contribution in [-0.2, 0) is 14.8 Å². The third kappa shape index (κ3) is 2.98. The highest BCUT2D eigenvalue weighted by Gasteiger charge is 2.40. The highest BCUT2D eigenvalue weighted by atomic mass is 32.2. The Morgan fingerprint density at radius 3 is 2.57 bits per heavy atom. The molecule has 1 aromatic rings. The molecular weight excluding hydrogens is 308 g/mol. The lowest BCUT2D eigenvalue weighted by Crippen LogP contribution is -2.50. The summed E-state index contributed by atoms with van der Waals surface area (Å²) in [6.45, 7) is -0.0385. The molecule has 21 heavy (non-hydrogen) atoms. The van der Waals surface area contributed by atoms with Crippen LogP contribution in [0.15, 0.2) is 17.0 Å². The highest BCUT2D eigenvalue weighted by Crippen LogP contribution is 2.34. The van der Waals surface area contributed by atoms with Gasteiger partial charge in [0, 0.05) is 25.2 Å². The summed E-state index contributed by atoms with van der Waals surface area (Å²) in [5, 5.41) is 8.62. The molecule has 0 aliphatic carbocycles. The van der Waals surface area contributed by atoms with Gasteiger partial charge >= 0.3 is 5.97 Å². The number of methoxy groups -OCH3 is 1. The molecule has 9 heteroatoms. The number of nitrogens with zero attached hydrogens (tertiary/aromatic N) is 1. The van der Waals surface area contributed by atoms with Crippen molar-refractivity contribution in [2.75, 3.05) is 20.2 Å². The van der Waals surface area contributed by atoms with Crippen molar-refractivity contribution in [1.82, 2.24) is 4.31 Å². The van der Waals surface area contributed by atoms with Crippen LogP contribution in [0, 0.1) is 17.6 Å². The molecule has 1 aliphatic rings. The number of hydrogen-bond acceptors (Lipinski definition) is 4. The first-order chi connectivity index (χ1) is 9.75. The molecule has 0 unspecified atom stereocenters. The number of ether oxygens (including phenoxy) is 1. The molecule has 1 aliphatic heterocycles. The van der Waals surface area contributed by atoms with Gasteiger partial charge in [-0.1, -0.05) is 0 Å². The van der Waals surface area contributed by atoms with Crippen molar-refractivity contribution in [2.24, 2.45) is 5.92 Å². The van der Waals surface area contributed by atoms with E-state index in [1.54, 1.807) is 0 Å². The molecule has 2 rings (SSSR count). The Labute approximate surface area is 120 Å². The van der Waals surface area contributed by atoms with Crippen molar-refractivity contribution in [2.45, 2.75) is 11.3 Å². The second-order valence-corrected chi connectivity index (χ2v) is 6.58. The zero-order valence-corrected chi connectivity index (χ0v) is 11.9. The predicted molar refractivity (Wildman–Crippen MR) is 67.4 cm³/mol. The van der Waals surface area contributed by atoms with Crippen LogP contribution in [0.4, 0.5) is 8.78 Å². The van der Waals surface area contributed by atoms with Gasteiger partial charge in [0.1, 0.15) is 17.4 Å². The fourth-order valence-electron chi connectivity index (χ4n) is 2.16. The third-order valence-corrected chi connectivity index (χ3v) is 5.07. The van der Waals surface area contributed by atoms with Gasteiger partial charge in [-0.3, -0.25) is 4.79 Å². The number of carboxylic acid groups (broad SMARTS) is 1. The predicted octanol–water partition coefficient (Wildman–Crippen LogP) is 1.07. The Kier molecular flexibility index (Phi) is 4.15. The van der Waals surface area contributed by atoms with Gasteiger partial charge in [0.25, 0.3) is 0 Å². The average molecular weight is 321 g/mol. The number of halogens is 2. The number of hydrogen-bond donors (Lipinski definition) is 1. The largest absolute Gasteiger partial charge is 0.495 e. The van der Waals surface area contributed by atoms with Gasteiger partial charge in [0.15, 0.2) is 4.90 Å². The summed E-state index contributed by atoms with van der Waals surface area (Å²) < 4.78 is 57.1. The van der Waals surface area contributed by atoms with Gasteiger partial charge in [0.2, 0.25) is 10.0 Å². The van der Waals surface area contributed by atoms with Crippen LogP contribution < -0.4 is 4.74 Å². The Bertz CT molecular complexity index is 670. The second-order valence-electron chi connectivity index (χ2n) is 4.70. The molecule has 0 spiro atoms. The van der Waals surface area contributed by atoms with Crippen LogP contribution in [0.1, 0.15) is 6.42 Å². The highest BCUT2D eigenvalue weighted by molar-refractivity contribution is 7.89. The van der Waals surface area contributed by atoms with Gasteiger partial charge < -0.3 is 9.84 Å². The van der Waals surface area contributed by atoms with Gasteiger partial charge in [-0.2, -0.15) is 4.31 Å². The number of rotatable bonds is 5. The standard InChI is InChI=1S/C12H13F2NO5S/c1-20-10-4-8(13)3-9(14)12(10)21(18,19)15-5-7(6-15)2-11(16)17/h3-4,7H,2,5-6H2,1H3,(H,16,17). The lowest BCUT2D eigenvalue weighted by Gasteiger charge is -2.37. The molecule has 0 aromatic heterocycles. The Morgan fingerprint density at radius 1 is 1.43 bits per heavy atom. The van der Waals surface area contributed by atoms with E-state index in [1.165, 1.54) is 0 Å². The van der Waals surface area contributed by atoms with Crippen molar-refractivity contribution in [3.05, 3.63) is 23.8 Å². The molecule has 1 N–H and O–H groups in total. The van der Waals surface area contributed by atoms with Crippen LogP contribution in [0.5, 0.6) is 5.75 Å². The third-order valence-electron chi connectivity index (χ3n) is 3.18. The van der Waals surface area contributed by atoms with E-state index in [0.717, 1.165) is 17.5 Å². The minimum Gasteiger partial charge on any atom is -0.495 e. The molecule has 1 aromatic carbocycles. The van der Waals surface area contributed by atoms with Crippen LogP contribution in [0.3, 0.4) is 0 Å². The summed E-state index contributed by atoms with van der Waals surface area (Å²) in [6, 6.07) is 1.24. The molecule has 0 saturated carbocycles. The quantitative estimate of drug-likeness (QED) is 0.877. The summed E-state index contributed by atoms with van der Waals surface area (Å²) in [7, 11) is -3.08. The first kappa shape index (κ1) is 15.6. The topological polar surface area (TPSA) is 83.9 Å². The number of carboxylic acids is 1.